The molecule has 0 aliphatic rings. The molecule has 0 bridgehead atoms. The van der Waals surface area contributed by atoms with Crippen molar-refractivity contribution in [2.45, 2.75) is 26.2 Å². The van der Waals surface area contributed by atoms with Crippen LogP contribution in [0.5, 0.6) is 0 Å². The summed E-state index contributed by atoms with van der Waals surface area (Å²) in [4.78, 5) is 24.9. The molecule has 1 N–H and O–H groups in total. The zero-order chi connectivity index (χ0) is 23.4. The number of nitrogens with zero attached hydrogens (tertiary/aromatic N) is 6. The van der Waals surface area contributed by atoms with Gasteiger partial charge >= 0.3 is 5.97 Å². The minimum Gasteiger partial charge on any atom is -0.452 e. The average molecular weight is 445 g/mol. The van der Waals surface area contributed by atoms with E-state index in [-0.39, 0.29) is 5.41 Å². The fraction of sp³-hybridized carbons (Fsp3) is 0.217. The Bertz CT molecular complexity index is 1240. The molecular formula is C23H23N7O3. The van der Waals surface area contributed by atoms with E-state index in [2.05, 4.69) is 25.9 Å². The highest BCUT2D eigenvalue weighted by atomic mass is 16.5. The van der Waals surface area contributed by atoms with Gasteiger partial charge in [0.05, 0.1) is 22.6 Å². The Morgan fingerprint density at radius 2 is 1.73 bits per heavy atom. The number of esters is 1. The molecule has 2 heterocycles. The van der Waals surface area contributed by atoms with Gasteiger partial charge in [-0.15, -0.1) is 5.10 Å². The van der Waals surface area contributed by atoms with Crippen LogP contribution in [-0.4, -0.2) is 48.5 Å². The number of rotatable bonds is 6. The number of hydrogen-bond donors (Lipinski definition) is 1. The van der Waals surface area contributed by atoms with Crippen LogP contribution < -0.4 is 5.32 Å². The quantitative estimate of drug-likeness (QED) is 0.454. The molecule has 0 saturated heterocycles. The summed E-state index contributed by atoms with van der Waals surface area (Å²) in [5, 5.41) is 18.4. The van der Waals surface area contributed by atoms with E-state index in [9.17, 15) is 9.59 Å². The van der Waals surface area contributed by atoms with Crippen molar-refractivity contribution in [3.63, 3.8) is 0 Å². The van der Waals surface area contributed by atoms with Crippen LogP contribution in [0.2, 0.25) is 0 Å². The van der Waals surface area contributed by atoms with Crippen molar-refractivity contribution in [3.8, 4) is 11.4 Å². The average Bonchev–Trinajstić information content (AvgIpc) is 3.48. The van der Waals surface area contributed by atoms with E-state index in [1.807, 2.05) is 57.2 Å². The third kappa shape index (κ3) is 5.12. The van der Waals surface area contributed by atoms with Crippen molar-refractivity contribution in [3.05, 3.63) is 78.2 Å². The third-order valence-electron chi connectivity index (χ3n) is 4.80. The van der Waals surface area contributed by atoms with Crippen LogP contribution in [0.4, 0.5) is 5.82 Å². The van der Waals surface area contributed by atoms with Crippen molar-refractivity contribution in [1.29, 1.82) is 0 Å². The summed E-state index contributed by atoms with van der Waals surface area (Å²) in [5.41, 5.74) is 2.42. The highest BCUT2D eigenvalue weighted by Crippen LogP contribution is 2.26. The number of ether oxygens (including phenoxy) is 1. The van der Waals surface area contributed by atoms with Crippen LogP contribution in [0.1, 0.15) is 36.8 Å². The fourth-order valence-electron chi connectivity index (χ4n) is 3.03. The van der Waals surface area contributed by atoms with Gasteiger partial charge in [0.15, 0.2) is 6.61 Å². The van der Waals surface area contributed by atoms with E-state index in [4.69, 9.17) is 4.74 Å². The standard InChI is InChI=1S/C23H23N7O3/c1-23(2,3)19-13-20(30(26-19)18-7-5-4-6-8-18)25-21(31)14-33-22(32)16-9-11-17(12-10-16)29-15-24-27-28-29/h4-13,15H,14H2,1-3H3,(H,25,31). The van der Waals surface area contributed by atoms with Crippen LogP contribution in [0.15, 0.2) is 67.0 Å². The minimum atomic E-state index is -0.611. The van der Waals surface area contributed by atoms with E-state index in [1.54, 1.807) is 28.9 Å². The summed E-state index contributed by atoms with van der Waals surface area (Å²) in [5.74, 6) is -0.579. The smallest absolute Gasteiger partial charge is 0.338 e. The van der Waals surface area contributed by atoms with Gasteiger partial charge in [-0.05, 0) is 46.8 Å². The molecule has 33 heavy (non-hydrogen) atoms. The molecule has 4 rings (SSSR count). The highest BCUT2D eigenvalue weighted by molar-refractivity contribution is 5.95. The second-order valence-corrected chi connectivity index (χ2v) is 8.34. The first kappa shape index (κ1) is 21.9. The number of benzene rings is 2. The molecule has 168 valence electrons. The zero-order valence-corrected chi connectivity index (χ0v) is 18.5. The van der Waals surface area contributed by atoms with Gasteiger partial charge in [-0.3, -0.25) is 4.79 Å². The Morgan fingerprint density at radius 1 is 1.00 bits per heavy atom. The van der Waals surface area contributed by atoms with Crippen molar-refractivity contribution < 1.29 is 14.3 Å². The van der Waals surface area contributed by atoms with Gasteiger partial charge < -0.3 is 10.1 Å². The van der Waals surface area contributed by atoms with Gasteiger partial charge in [0.2, 0.25) is 0 Å². The molecule has 10 heteroatoms. The lowest BCUT2D eigenvalue weighted by atomic mass is 9.92. The van der Waals surface area contributed by atoms with E-state index in [0.717, 1.165) is 11.4 Å². The Labute approximate surface area is 190 Å². The largest absolute Gasteiger partial charge is 0.452 e. The lowest BCUT2D eigenvalue weighted by Crippen LogP contribution is -2.22. The number of nitrogens with one attached hydrogen (secondary N) is 1. The molecular weight excluding hydrogens is 422 g/mol. The molecule has 0 fully saturated rings. The number of tetrazole rings is 1. The number of carbonyl (C=O) groups excluding carboxylic acids is 2. The van der Waals surface area contributed by atoms with Gasteiger partial charge in [0.25, 0.3) is 5.91 Å². The molecule has 0 atom stereocenters. The predicted octanol–water partition coefficient (Wildman–Crippen LogP) is 2.94. The highest BCUT2D eigenvalue weighted by Gasteiger charge is 2.22. The molecule has 0 saturated carbocycles. The van der Waals surface area contributed by atoms with Gasteiger partial charge in [-0.1, -0.05) is 39.0 Å². The fourth-order valence-corrected chi connectivity index (χ4v) is 3.03. The Balaban J connectivity index is 1.42. The summed E-state index contributed by atoms with van der Waals surface area (Å²) < 4.78 is 8.31. The van der Waals surface area contributed by atoms with E-state index < -0.39 is 18.5 Å². The van der Waals surface area contributed by atoms with E-state index in [1.165, 1.54) is 11.0 Å². The maximum Gasteiger partial charge on any atom is 0.338 e. The van der Waals surface area contributed by atoms with Gasteiger partial charge in [0.1, 0.15) is 12.1 Å². The van der Waals surface area contributed by atoms with Crippen molar-refractivity contribution in [1.82, 2.24) is 30.0 Å². The molecule has 0 unspecified atom stereocenters. The SMILES string of the molecule is CC(C)(C)c1cc(NC(=O)COC(=O)c2ccc(-n3cnnn3)cc2)n(-c2ccccc2)n1. The molecule has 2 aromatic heterocycles. The van der Waals surface area contributed by atoms with Gasteiger partial charge in [0, 0.05) is 11.5 Å². The normalized spacial score (nSPS) is 11.2. The molecule has 1 amide bonds. The lowest BCUT2D eigenvalue weighted by molar-refractivity contribution is -0.119. The topological polar surface area (TPSA) is 117 Å². The minimum absolute atomic E-state index is 0.208. The summed E-state index contributed by atoms with van der Waals surface area (Å²) in [6.45, 7) is 5.70. The summed E-state index contributed by atoms with van der Waals surface area (Å²) in [6, 6.07) is 17.8. The summed E-state index contributed by atoms with van der Waals surface area (Å²) >= 11 is 0. The van der Waals surface area contributed by atoms with E-state index in [0.29, 0.717) is 17.1 Å². The maximum absolute atomic E-state index is 12.5. The summed E-state index contributed by atoms with van der Waals surface area (Å²) in [7, 11) is 0. The molecule has 0 radical (unpaired) electrons. The maximum atomic E-state index is 12.5. The zero-order valence-electron chi connectivity index (χ0n) is 18.5. The molecule has 0 spiro atoms. The Hall–Kier alpha value is -4.34. The molecule has 2 aromatic carbocycles. The van der Waals surface area contributed by atoms with Crippen molar-refractivity contribution in [2.24, 2.45) is 0 Å². The Morgan fingerprint density at radius 3 is 2.36 bits per heavy atom. The number of hydrogen-bond acceptors (Lipinski definition) is 7. The van der Waals surface area contributed by atoms with Crippen LogP contribution in [0.3, 0.4) is 0 Å². The number of anilines is 1. The van der Waals surface area contributed by atoms with Crippen LogP contribution in [0, 0.1) is 0 Å². The molecule has 0 aliphatic carbocycles. The van der Waals surface area contributed by atoms with Crippen LogP contribution in [0.25, 0.3) is 11.4 Å². The number of aromatic nitrogens is 6. The van der Waals surface area contributed by atoms with Gasteiger partial charge in [-0.2, -0.15) is 5.10 Å². The Kier molecular flexibility index (Phi) is 5.99. The second-order valence-electron chi connectivity index (χ2n) is 8.34. The first-order valence-electron chi connectivity index (χ1n) is 10.3. The predicted molar refractivity (Wildman–Crippen MR) is 120 cm³/mol. The van der Waals surface area contributed by atoms with Crippen LogP contribution >= 0.6 is 0 Å². The molecule has 0 aliphatic heterocycles. The third-order valence-corrected chi connectivity index (χ3v) is 4.80. The first-order chi connectivity index (χ1) is 15.8. The lowest BCUT2D eigenvalue weighted by Gasteiger charge is -2.14. The van der Waals surface area contributed by atoms with Gasteiger partial charge in [-0.25, -0.2) is 14.2 Å². The molecule has 10 nitrogen and oxygen atoms in total. The number of amides is 1. The first-order valence-corrected chi connectivity index (χ1v) is 10.3. The van der Waals surface area contributed by atoms with Crippen molar-refractivity contribution in [2.75, 3.05) is 11.9 Å². The summed E-state index contributed by atoms with van der Waals surface area (Å²) in [6.07, 6.45) is 1.45. The number of carbonyl (C=O) groups is 2. The van der Waals surface area contributed by atoms with E-state index >= 15 is 0 Å². The molecule has 4 aromatic rings. The number of para-hydroxylation sites is 1. The second kappa shape index (κ2) is 9.03. The monoisotopic (exact) mass is 445 g/mol. The van der Waals surface area contributed by atoms with Crippen molar-refractivity contribution >= 4 is 17.7 Å². The van der Waals surface area contributed by atoms with Crippen LogP contribution in [-0.2, 0) is 14.9 Å².